The van der Waals surface area contributed by atoms with Gasteiger partial charge < -0.3 is 0 Å². The van der Waals surface area contributed by atoms with Crippen molar-refractivity contribution in [3.8, 4) is 33.4 Å². The molecule has 7 aromatic rings. The maximum Gasteiger partial charge on any atom is 0.0373 e. The molecule has 0 aliphatic rings. The van der Waals surface area contributed by atoms with Crippen LogP contribution >= 0.6 is 0 Å². The molecule has 39 heavy (non-hydrogen) atoms. The van der Waals surface area contributed by atoms with Crippen LogP contribution in [0.15, 0.2) is 128 Å². The van der Waals surface area contributed by atoms with Crippen molar-refractivity contribution >= 4 is 32.3 Å². The highest BCUT2D eigenvalue weighted by Crippen LogP contribution is 2.45. The molecule has 186 valence electrons. The lowest BCUT2D eigenvalue weighted by Crippen LogP contribution is -1.92. The zero-order chi connectivity index (χ0) is 26.3. The fourth-order valence-electron chi connectivity index (χ4n) is 6.10. The number of pyridine rings is 1. The average molecular weight is 500 g/mol. The minimum absolute atomic E-state index is 1.02. The maximum atomic E-state index is 4.49. The molecule has 0 aliphatic heterocycles. The van der Waals surface area contributed by atoms with E-state index < -0.39 is 0 Å². The Morgan fingerprint density at radius 1 is 0.462 bits per heavy atom. The summed E-state index contributed by atoms with van der Waals surface area (Å²) in [5.74, 6) is 0. The topological polar surface area (TPSA) is 12.9 Å². The van der Waals surface area contributed by atoms with Crippen LogP contribution in [0.5, 0.6) is 0 Å². The first kappa shape index (κ1) is 23.4. The fourth-order valence-corrected chi connectivity index (χ4v) is 6.10. The van der Waals surface area contributed by atoms with Gasteiger partial charge in [0.05, 0.1) is 0 Å². The van der Waals surface area contributed by atoms with Crippen LogP contribution < -0.4 is 0 Å². The second-order valence-corrected chi connectivity index (χ2v) is 10.3. The lowest BCUT2D eigenvalue weighted by atomic mass is 9.84. The number of fused-ring (bicyclic) bond motifs is 3. The molecule has 0 atom stereocenters. The second-order valence-electron chi connectivity index (χ2n) is 10.3. The normalized spacial score (nSPS) is 11.4. The molecule has 7 rings (SSSR count). The summed E-state index contributed by atoms with van der Waals surface area (Å²) in [5.41, 5.74) is 9.86. The van der Waals surface area contributed by atoms with Gasteiger partial charge in [0.2, 0.25) is 0 Å². The van der Waals surface area contributed by atoms with Crippen molar-refractivity contribution in [1.29, 1.82) is 0 Å². The first-order chi connectivity index (χ1) is 19.2. The number of nitrogens with zero attached hydrogens (tertiary/aromatic N) is 1. The van der Waals surface area contributed by atoms with E-state index in [9.17, 15) is 0 Å². The Kier molecular flexibility index (Phi) is 5.71. The fraction of sp³-hybridized carbons (Fsp3) is 0.0789. The predicted octanol–water partition coefficient (Wildman–Crippen LogP) is 10.4. The van der Waals surface area contributed by atoms with Crippen molar-refractivity contribution in [3.63, 3.8) is 0 Å². The number of rotatable bonds is 4. The molecule has 1 nitrogen and oxygen atoms in total. The summed E-state index contributed by atoms with van der Waals surface area (Å²) in [6.45, 7) is 4.26. The zero-order valence-electron chi connectivity index (χ0n) is 22.3. The highest BCUT2D eigenvalue weighted by molar-refractivity contribution is 6.23. The lowest BCUT2D eigenvalue weighted by Gasteiger charge is -2.19. The monoisotopic (exact) mass is 499 g/mol. The van der Waals surface area contributed by atoms with E-state index in [1.165, 1.54) is 65.7 Å². The van der Waals surface area contributed by atoms with Gasteiger partial charge in [0.15, 0.2) is 0 Å². The van der Waals surface area contributed by atoms with Crippen LogP contribution in [0.1, 0.15) is 18.2 Å². The summed E-state index contributed by atoms with van der Waals surface area (Å²) < 4.78 is 0. The van der Waals surface area contributed by atoms with E-state index in [1.54, 1.807) is 0 Å². The number of benzene rings is 6. The van der Waals surface area contributed by atoms with Crippen LogP contribution in [0, 0.1) is 6.92 Å². The van der Waals surface area contributed by atoms with E-state index in [0.717, 1.165) is 17.7 Å². The molecular weight excluding hydrogens is 470 g/mol. The van der Waals surface area contributed by atoms with E-state index in [1.807, 2.05) is 13.1 Å². The molecule has 0 bridgehead atoms. The minimum atomic E-state index is 1.02. The van der Waals surface area contributed by atoms with Crippen molar-refractivity contribution in [1.82, 2.24) is 4.98 Å². The maximum absolute atomic E-state index is 4.49. The number of hydrogen-bond acceptors (Lipinski definition) is 1. The first-order valence-electron chi connectivity index (χ1n) is 13.7. The van der Waals surface area contributed by atoms with Crippen molar-refractivity contribution in [2.45, 2.75) is 20.3 Å². The standard InChI is InChI=1S/C38H29N/c1-3-26-10-8-16-31-30(26)15-9-17-32(31)38-35-13-6-4-11-33(35)37(34-12-5-7-14-36(34)38)28-22-20-27(21-23-28)29-19-18-25(2)39-24-29/h4-24H,3H2,1-2H3. The third kappa shape index (κ3) is 3.90. The lowest BCUT2D eigenvalue weighted by molar-refractivity contribution is 1.16. The Labute approximate surface area is 229 Å². The number of hydrogen-bond donors (Lipinski definition) is 0. The SMILES string of the molecule is CCc1cccc2c(-c3c4ccccc4c(-c4ccc(-c5ccc(C)nc5)cc4)c4ccccc34)cccc12. The van der Waals surface area contributed by atoms with E-state index in [0.29, 0.717) is 0 Å². The third-order valence-corrected chi connectivity index (χ3v) is 8.01. The average Bonchev–Trinajstić information content (AvgIpc) is 3.00. The number of aromatic nitrogens is 1. The molecule has 1 aromatic heterocycles. The molecule has 0 aliphatic carbocycles. The van der Waals surface area contributed by atoms with Gasteiger partial charge in [-0.15, -0.1) is 0 Å². The molecule has 0 unspecified atom stereocenters. The van der Waals surface area contributed by atoms with Crippen molar-refractivity contribution < 1.29 is 0 Å². The molecule has 0 fully saturated rings. The molecule has 6 aromatic carbocycles. The third-order valence-electron chi connectivity index (χ3n) is 8.01. The highest BCUT2D eigenvalue weighted by Gasteiger charge is 2.18. The van der Waals surface area contributed by atoms with E-state index >= 15 is 0 Å². The molecule has 1 heteroatoms. The van der Waals surface area contributed by atoms with Crippen LogP contribution in [0.3, 0.4) is 0 Å². The largest absolute Gasteiger partial charge is 0.261 e. The van der Waals surface area contributed by atoms with Gasteiger partial charge in [0.25, 0.3) is 0 Å². The van der Waals surface area contributed by atoms with Gasteiger partial charge in [-0.2, -0.15) is 0 Å². The van der Waals surface area contributed by atoms with Gasteiger partial charge in [-0.1, -0.05) is 122 Å². The Balaban J connectivity index is 1.51. The Morgan fingerprint density at radius 3 is 1.62 bits per heavy atom. The molecule has 1 heterocycles. The van der Waals surface area contributed by atoms with Crippen molar-refractivity contribution in [3.05, 3.63) is 139 Å². The van der Waals surface area contributed by atoms with Gasteiger partial charge in [-0.3, -0.25) is 4.98 Å². The molecule has 0 radical (unpaired) electrons. The van der Waals surface area contributed by atoms with Crippen molar-refractivity contribution in [2.24, 2.45) is 0 Å². The zero-order valence-corrected chi connectivity index (χ0v) is 22.3. The first-order valence-corrected chi connectivity index (χ1v) is 13.7. The van der Waals surface area contributed by atoms with E-state index in [-0.39, 0.29) is 0 Å². The summed E-state index contributed by atoms with van der Waals surface area (Å²) in [6, 6.07) is 44.5. The van der Waals surface area contributed by atoms with Gasteiger partial charge in [0, 0.05) is 17.5 Å². The van der Waals surface area contributed by atoms with Crippen LogP contribution in [-0.4, -0.2) is 4.98 Å². The summed E-state index contributed by atoms with van der Waals surface area (Å²) in [6.07, 6.45) is 2.98. The van der Waals surface area contributed by atoms with Crippen LogP contribution in [0.25, 0.3) is 65.7 Å². The van der Waals surface area contributed by atoms with Gasteiger partial charge in [-0.05, 0) is 85.1 Å². The van der Waals surface area contributed by atoms with Gasteiger partial charge >= 0.3 is 0 Å². The summed E-state index contributed by atoms with van der Waals surface area (Å²) in [4.78, 5) is 4.49. The van der Waals surface area contributed by atoms with Crippen LogP contribution in [-0.2, 0) is 6.42 Å². The van der Waals surface area contributed by atoms with Crippen LogP contribution in [0.2, 0.25) is 0 Å². The Bertz CT molecular complexity index is 1920. The Hall–Kier alpha value is -4.75. The van der Waals surface area contributed by atoms with Gasteiger partial charge in [-0.25, -0.2) is 0 Å². The summed E-state index contributed by atoms with van der Waals surface area (Å²) >= 11 is 0. The molecule has 0 saturated carbocycles. The highest BCUT2D eigenvalue weighted by atomic mass is 14.7. The number of aryl methyl sites for hydroxylation is 2. The second kappa shape index (κ2) is 9.53. The minimum Gasteiger partial charge on any atom is -0.261 e. The molecule has 0 spiro atoms. The van der Waals surface area contributed by atoms with E-state index in [2.05, 4.69) is 133 Å². The predicted molar refractivity (Wildman–Crippen MR) is 167 cm³/mol. The van der Waals surface area contributed by atoms with Crippen molar-refractivity contribution in [2.75, 3.05) is 0 Å². The molecular formula is C38H29N. The summed E-state index contributed by atoms with van der Waals surface area (Å²) in [5, 5.41) is 7.78. The van der Waals surface area contributed by atoms with Gasteiger partial charge in [0.1, 0.15) is 0 Å². The molecule has 0 N–H and O–H groups in total. The van der Waals surface area contributed by atoms with E-state index in [4.69, 9.17) is 0 Å². The summed E-state index contributed by atoms with van der Waals surface area (Å²) in [7, 11) is 0. The quantitative estimate of drug-likeness (QED) is 0.220. The smallest absolute Gasteiger partial charge is 0.0373 e. The Morgan fingerprint density at radius 2 is 1.00 bits per heavy atom. The molecule has 0 saturated heterocycles. The molecule has 0 amide bonds. The van der Waals surface area contributed by atoms with Crippen LogP contribution in [0.4, 0.5) is 0 Å².